The molecule has 12 heteroatoms. The highest BCUT2D eigenvalue weighted by Crippen LogP contribution is 2.24. The van der Waals surface area contributed by atoms with Crippen LogP contribution in [0.1, 0.15) is 42.5 Å². The SMILES string of the molecule is COC(=O)c1cc(C(=O)OCC(=O)c2cc(C)n(CC(F)(F)F)c2C)cc([N+](=O)[O-])c1. The van der Waals surface area contributed by atoms with Gasteiger partial charge in [0.1, 0.15) is 6.54 Å². The number of ether oxygens (including phenoxy) is 2. The minimum Gasteiger partial charge on any atom is -0.465 e. The fourth-order valence-corrected chi connectivity index (χ4v) is 2.87. The zero-order chi connectivity index (χ0) is 23.5. The Morgan fingerprint density at radius 3 is 2.16 bits per heavy atom. The summed E-state index contributed by atoms with van der Waals surface area (Å²) in [6.07, 6.45) is -4.49. The number of esters is 2. The van der Waals surface area contributed by atoms with E-state index in [1.165, 1.54) is 19.9 Å². The summed E-state index contributed by atoms with van der Waals surface area (Å²) in [6.45, 7) is 0.642. The molecule has 0 saturated heterocycles. The fraction of sp³-hybridized carbons (Fsp3) is 0.316. The molecule has 31 heavy (non-hydrogen) atoms. The number of aromatic nitrogens is 1. The van der Waals surface area contributed by atoms with E-state index in [-0.39, 0.29) is 28.1 Å². The Morgan fingerprint density at radius 2 is 1.65 bits per heavy atom. The maximum absolute atomic E-state index is 12.7. The number of nitro groups is 1. The highest BCUT2D eigenvalue weighted by molar-refractivity contribution is 6.01. The number of Topliss-reactive ketones (excluding diaryl/α,β-unsaturated/α-hetero) is 1. The second kappa shape index (κ2) is 8.98. The largest absolute Gasteiger partial charge is 0.465 e. The number of rotatable bonds is 7. The van der Waals surface area contributed by atoms with Gasteiger partial charge in [0.05, 0.1) is 23.2 Å². The van der Waals surface area contributed by atoms with Crippen LogP contribution in [-0.4, -0.2) is 47.1 Å². The molecule has 0 aliphatic carbocycles. The zero-order valence-corrected chi connectivity index (χ0v) is 16.6. The molecule has 0 atom stereocenters. The van der Waals surface area contributed by atoms with Gasteiger partial charge in [0.25, 0.3) is 5.69 Å². The molecule has 0 bridgehead atoms. The van der Waals surface area contributed by atoms with Crippen molar-refractivity contribution >= 4 is 23.4 Å². The van der Waals surface area contributed by atoms with Crippen LogP contribution < -0.4 is 0 Å². The summed E-state index contributed by atoms with van der Waals surface area (Å²) in [6, 6.07) is 4.01. The minimum absolute atomic E-state index is 0.0520. The molecule has 1 heterocycles. The van der Waals surface area contributed by atoms with Crippen LogP contribution in [-0.2, 0) is 16.0 Å². The Labute approximate surface area is 173 Å². The summed E-state index contributed by atoms with van der Waals surface area (Å²) in [5, 5.41) is 11.0. The van der Waals surface area contributed by atoms with Crippen molar-refractivity contribution in [1.82, 2.24) is 4.57 Å². The maximum Gasteiger partial charge on any atom is 0.406 e. The van der Waals surface area contributed by atoms with Gasteiger partial charge < -0.3 is 14.0 Å². The van der Waals surface area contributed by atoms with E-state index in [0.29, 0.717) is 0 Å². The molecule has 0 N–H and O–H groups in total. The van der Waals surface area contributed by atoms with Gasteiger partial charge in [0.2, 0.25) is 5.78 Å². The predicted molar refractivity (Wildman–Crippen MR) is 99.0 cm³/mol. The molecule has 2 aromatic rings. The van der Waals surface area contributed by atoms with Gasteiger partial charge in [-0.25, -0.2) is 9.59 Å². The van der Waals surface area contributed by atoms with E-state index < -0.39 is 47.7 Å². The van der Waals surface area contributed by atoms with Crippen molar-refractivity contribution in [3.63, 3.8) is 0 Å². The summed E-state index contributed by atoms with van der Waals surface area (Å²) < 4.78 is 48.4. The lowest BCUT2D eigenvalue weighted by Crippen LogP contribution is -2.20. The molecule has 0 fully saturated rings. The van der Waals surface area contributed by atoms with E-state index in [0.717, 1.165) is 29.9 Å². The van der Waals surface area contributed by atoms with Crippen LogP contribution in [0, 0.1) is 24.0 Å². The molecule has 0 aliphatic heterocycles. The van der Waals surface area contributed by atoms with E-state index in [2.05, 4.69) is 4.74 Å². The third-order valence-corrected chi connectivity index (χ3v) is 4.33. The fourth-order valence-electron chi connectivity index (χ4n) is 2.87. The first-order chi connectivity index (χ1) is 14.3. The summed E-state index contributed by atoms with van der Waals surface area (Å²) in [5.41, 5.74) is -1.01. The number of non-ortho nitro benzene ring substituents is 1. The lowest BCUT2D eigenvalue weighted by molar-refractivity contribution is -0.384. The van der Waals surface area contributed by atoms with Crippen molar-refractivity contribution in [2.24, 2.45) is 0 Å². The summed E-state index contributed by atoms with van der Waals surface area (Å²) in [5.74, 6) is -2.81. The van der Waals surface area contributed by atoms with Crippen LogP contribution in [0.4, 0.5) is 18.9 Å². The van der Waals surface area contributed by atoms with Crippen LogP contribution in [0.2, 0.25) is 0 Å². The quantitative estimate of drug-likeness (QED) is 0.279. The van der Waals surface area contributed by atoms with Crippen LogP contribution in [0.3, 0.4) is 0 Å². The van der Waals surface area contributed by atoms with E-state index >= 15 is 0 Å². The third-order valence-electron chi connectivity index (χ3n) is 4.33. The molecule has 166 valence electrons. The first kappa shape index (κ1) is 23.6. The smallest absolute Gasteiger partial charge is 0.406 e. The molecule has 2 rings (SSSR count). The molecule has 1 aromatic carbocycles. The van der Waals surface area contributed by atoms with Crippen LogP contribution in [0.25, 0.3) is 0 Å². The van der Waals surface area contributed by atoms with E-state index in [1.54, 1.807) is 0 Å². The van der Waals surface area contributed by atoms with Crippen molar-refractivity contribution in [3.05, 3.63) is 62.5 Å². The Bertz CT molecular complexity index is 1060. The monoisotopic (exact) mass is 442 g/mol. The first-order valence-electron chi connectivity index (χ1n) is 8.65. The molecular formula is C19H17F3N2O7. The minimum atomic E-state index is -4.49. The average Bonchev–Trinajstić information content (AvgIpc) is 2.97. The van der Waals surface area contributed by atoms with Crippen LogP contribution >= 0.6 is 0 Å². The van der Waals surface area contributed by atoms with E-state index in [4.69, 9.17) is 4.74 Å². The number of methoxy groups -OCH3 is 1. The predicted octanol–water partition coefficient (Wildman–Crippen LogP) is 3.40. The lowest BCUT2D eigenvalue weighted by Gasteiger charge is -2.12. The van der Waals surface area contributed by atoms with Crippen LogP contribution in [0.15, 0.2) is 24.3 Å². The Balaban J connectivity index is 2.20. The number of carbonyl (C=O) groups is 3. The maximum atomic E-state index is 12.7. The van der Waals surface area contributed by atoms with Gasteiger partial charge in [-0.05, 0) is 26.0 Å². The van der Waals surface area contributed by atoms with Gasteiger partial charge in [-0.15, -0.1) is 0 Å². The zero-order valence-electron chi connectivity index (χ0n) is 16.6. The Hall–Kier alpha value is -3.70. The van der Waals surface area contributed by atoms with Gasteiger partial charge in [-0.1, -0.05) is 0 Å². The van der Waals surface area contributed by atoms with E-state index in [1.807, 2.05) is 0 Å². The number of alkyl halides is 3. The van der Waals surface area contributed by atoms with Gasteiger partial charge >= 0.3 is 18.1 Å². The number of aryl methyl sites for hydroxylation is 1. The third kappa shape index (κ3) is 5.68. The number of halogens is 3. The summed E-state index contributed by atoms with van der Waals surface area (Å²) in [7, 11) is 1.05. The highest BCUT2D eigenvalue weighted by Gasteiger charge is 2.30. The highest BCUT2D eigenvalue weighted by atomic mass is 19.4. The Morgan fingerprint density at radius 1 is 1.06 bits per heavy atom. The number of benzene rings is 1. The van der Waals surface area contributed by atoms with Crippen molar-refractivity contribution in [3.8, 4) is 0 Å². The Kier molecular flexibility index (Phi) is 6.83. The normalized spacial score (nSPS) is 11.2. The molecule has 0 saturated carbocycles. The first-order valence-corrected chi connectivity index (χ1v) is 8.65. The molecule has 9 nitrogen and oxygen atoms in total. The number of hydrogen-bond donors (Lipinski definition) is 0. The van der Waals surface area contributed by atoms with Gasteiger partial charge in [-0.3, -0.25) is 14.9 Å². The van der Waals surface area contributed by atoms with Gasteiger partial charge in [0, 0.05) is 29.1 Å². The average molecular weight is 442 g/mol. The lowest BCUT2D eigenvalue weighted by atomic mass is 10.1. The molecule has 0 unspecified atom stereocenters. The molecule has 0 aliphatic rings. The number of hydrogen-bond acceptors (Lipinski definition) is 7. The van der Waals surface area contributed by atoms with E-state index in [9.17, 15) is 37.7 Å². The molecule has 1 aromatic heterocycles. The second-order valence-electron chi connectivity index (χ2n) is 6.50. The number of nitrogens with zero attached hydrogens (tertiary/aromatic N) is 2. The molecule has 0 radical (unpaired) electrons. The van der Waals surface area contributed by atoms with Crippen molar-refractivity contribution in [2.75, 3.05) is 13.7 Å². The molecule has 0 amide bonds. The summed E-state index contributed by atoms with van der Waals surface area (Å²) >= 11 is 0. The number of carbonyl (C=O) groups excluding carboxylic acids is 3. The molecule has 0 spiro atoms. The van der Waals surface area contributed by atoms with Crippen molar-refractivity contribution in [2.45, 2.75) is 26.6 Å². The van der Waals surface area contributed by atoms with Gasteiger partial charge in [-0.2, -0.15) is 13.2 Å². The number of ketones is 1. The van der Waals surface area contributed by atoms with Crippen molar-refractivity contribution in [1.29, 1.82) is 0 Å². The number of nitro benzene ring substituents is 1. The second-order valence-corrected chi connectivity index (χ2v) is 6.50. The summed E-state index contributed by atoms with van der Waals surface area (Å²) in [4.78, 5) is 46.5. The standard InChI is InChI=1S/C19H17F3N2O7/c1-10-4-15(11(2)23(10)9-19(20,21)22)16(25)8-31-18(27)13-5-12(17(26)30-3)6-14(7-13)24(28)29/h4-7H,8-9H2,1-3H3. The topological polar surface area (TPSA) is 118 Å². The van der Waals surface area contributed by atoms with Gasteiger partial charge in [0.15, 0.2) is 6.61 Å². The van der Waals surface area contributed by atoms with Crippen LogP contribution in [0.5, 0.6) is 0 Å². The molecular weight excluding hydrogens is 425 g/mol. The van der Waals surface area contributed by atoms with Crippen molar-refractivity contribution < 1.29 is 42.0 Å².